The van der Waals surface area contributed by atoms with Crippen LogP contribution >= 0.6 is 0 Å². The van der Waals surface area contributed by atoms with Gasteiger partial charge in [0.05, 0.1) is 18.1 Å². The van der Waals surface area contributed by atoms with Crippen molar-refractivity contribution < 1.29 is 4.74 Å². The number of unbranched alkanes of at least 4 members (excludes halogenated alkanes) is 1. The summed E-state index contributed by atoms with van der Waals surface area (Å²) in [4.78, 5) is 0. The number of hydrogen-bond donors (Lipinski definition) is 1. The van der Waals surface area contributed by atoms with Crippen LogP contribution in [0.5, 0.6) is 0 Å². The number of hydrogen-bond acceptors (Lipinski definition) is 3. The molecule has 0 radical (unpaired) electrons. The molecule has 0 heterocycles. The van der Waals surface area contributed by atoms with E-state index in [2.05, 4.69) is 6.07 Å². The number of ether oxygens (including phenoxy) is 1. The summed E-state index contributed by atoms with van der Waals surface area (Å²) >= 11 is 0. The van der Waals surface area contributed by atoms with Crippen molar-refractivity contribution in [3.05, 3.63) is 0 Å². The summed E-state index contributed by atoms with van der Waals surface area (Å²) < 4.78 is 5.44. The van der Waals surface area contributed by atoms with Gasteiger partial charge in [0.25, 0.3) is 0 Å². The van der Waals surface area contributed by atoms with Gasteiger partial charge in [0, 0.05) is 12.1 Å². The molecule has 0 saturated carbocycles. The summed E-state index contributed by atoms with van der Waals surface area (Å²) in [5.74, 6) is 0. The van der Waals surface area contributed by atoms with E-state index < -0.39 is 0 Å². The maximum Gasteiger partial charge on any atom is 0.0683 e. The first-order valence-corrected chi connectivity index (χ1v) is 5.55. The molecule has 3 nitrogen and oxygen atoms in total. The second kappa shape index (κ2) is 6.09. The van der Waals surface area contributed by atoms with Crippen LogP contribution in [-0.2, 0) is 4.74 Å². The number of nitrogens with zero attached hydrogens (tertiary/aromatic N) is 1. The summed E-state index contributed by atoms with van der Waals surface area (Å²) in [6, 6.07) is 2.30. The third-order valence-electron chi connectivity index (χ3n) is 2.12. The number of nitrogens with two attached hydrogens (primary N) is 1. The van der Waals surface area contributed by atoms with Crippen LogP contribution in [0.3, 0.4) is 0 Å². The van der Waals surface area contributed by atoms with Crippen LogP contribution < -0.4 is 5.73 Å². The molecule has 0 aliphatic carbocycles. The van der Waals surface area contributed by atoms with Crippen LogP contribution in [0.15, 0.2) is 0 Å². The summed E-state index contributed by atoms with van der Waals surface area (Å²) in [6.45, 7) is 9.17. The molecule has 0 spiro atoms. The average Bonchev–Trinajstić information content (AvgIpc) is 2.09. The minimum absolute atomic E-state index is 0.201. The molecule has 0 saturated heterocycles. The standard InChI is InChI=1S/C12H24N2O/c1-11(2,9-13)7-5-6-8-15-10-12(3,4)14/h5-8,10,14H2,1-4H3. The first-order valence-electron chi connectivity index (χ1n) is 5.55. The molecule has 0 amide bonds. The molecule has 0 bridgehead atoms. The molecule has 0 aromatic heterocycles. The van der Waals surface area contributed by atoms with E-state index >= 15 is 0 Å². The van der Waals surface area contributed by atoms with Gasteiger partial charge < -0.3 is 10.5 Å². The van der Waals surface area contributed by atoms with Crippen LogP contribution in [0.4, 0.5) is 0 Å². The Bertz CT molecular complexity index is 211. The molecular weight excluding hydrogens is 188 g/mol. The van der Waals surface area contributed by atoms with Gasteiger partial charge in [-0.25, -0.2) is 0 Å². The minimum atomic E-state index is -0.244. The van der Waals surface area contributed by atoms with Gasteiger partial charge in [0.15, 0.2) is 0 Å². The van der Waals surface area contributed by atoms with Gasteiger partial charge in [0.1, 0.15) is 0 Å². The predicted molar refractivity (Wildman–Crippen MR) is 62.3 cm³/mol. The Kier molecular flexibility index (Phi) is 5.85. The molecule has 88 valence electrons. The first kappa shape index (κ1) is 14.4. The van der Waals surface area contributed by atoms with E-state index in [1.165, 1.54) is 0 Å². The fraction of sp³-hybridized carbons (Fsp3) is 0.917. The molecule has 0 fully saturated rings. The lowest BCUT2D eigenvalue weighted by Crippen LogP contribution is -2.37. The summed E-state index contributed by atoms with van der Waals surface area (Å²) in [5, 5.41) is 8.81. The molecule has 2 N–H and O–H groups in total. The summed E-state index contributed by atoms with van der Waals surface area (Å²) in [7, 11) is 0. The monoisotopic (exact) mass is 212 g/mol. The van der Waals surface area contributed by atoms with E-state index in [-0.39, 0.29) is 11.0 Å². The van der Waals surface area contributed by atoms with E-state index in [4.69, 9.17) is 15.7 Å². The first-order chi connectivity index (χ1) is 6.77. The lowest BCUT2D eigenvalue weighted by Gasteiger charge is -2.18. The van der Waals surface area contributed by atoms with Crippen molar-refractivity contribution in [1.82, 2.24) is 0 Å². The van der Waals surface area contributed by atoms with Gasteiger partial charge in [-0.15, -0.1) is 0 Å². The Morgan fingerprint density at radius 3 is 2.27 bits per heavy atom. The van der Waals surface area contributed by atoms with Crippen LogP contribution in [-0.4, -0.2) is 18.8 Å². The van der Waals surface area contributed by atoms with E-state index in [0.717, 1.165) is 25.9 Å². The summed E-state index contributed by atoms with van der Waals surface area (Å²) in [6.07, 6.45) is 2.96. The SMILES string of the molecule is CC(C)(N)COCCCCC(C)(C)C#N. The molecule has 0 unspecified atom stereocenters. The van der Waals surface area contributed by atoms with Gasteiger partial charge in [-0.3, -0.25) is 0 Å². The van der Waals surface area contributed by atoms with Crippen molar-refractivity contribution >= 4 is 0 Å². The van der Waals surface area contributed by atoms with Gasteiger partial charge in [-0.05, 0) is 47.0 Å². The van der Waals surface area contributed by atoms with Gasteiger partial charge in [0.2, 0.25) is 0 Å². The zero-order valence-corrected chi connectivity index (χ0v) is 10.5. The number of rotatable bonds is 7. The number of nitriles is 1. The van der Waals surface area contributed by atoms with Gasteiger partial charge >= 0.3 is 0 Å². The Hall–Kier alpha value is -0.590. The van der Waals surface area contributed by atoms with E-state index in [1.54, 1.807) is 0 Å². The van der Waals surface area contributed by atoms with Crippen molar-refractivity contribution in [1.29, 1.82) is 5.26 Å². The molecule has 0 aliphatic rings. The maximum atomic E-state index is 8.81. The molecule has 0 atom stereocenters. The zero-order valence-electron chi connectivity index (χ0n) is 10.5. The Labute approximate surface area is 93.6 Å². The lowest BCUT2D eigenvalue weighted by atomic mass is 9.89. The van der Waals surface area contributed by atoms with E-state index in [9.17, 15) is 0 Å². The Balaban J connectivity index is 3.38. The molecule has 0 rings (SSSR count). The average molecular weight is 212 g/mol. The van der Waals surface area contributed by atoms with E-state index in [1.807, 2.05) is 27.7 Å². The largest absolute Gasteiger partial charge is 0.380 e. The van der Waals surface area contributed by atoms with Gasteiger partial charge in [-0.1, -0.05) is 0 Å². The fourth-order valence-corrected chi connectivity index (χ4v) is 1.16. The third-order valence-corrected chi connectivity index (χ3v) is 2.12. The second-order valence-corrected chi connectivity index (χ2v) is 5.49. The quantitative estimate of drug-likeness (QED) is 0.659. The normalized spacial score (nSPS) is 12.5. The molecule has 0 aromatic rings. The van der Waals surface area contributed by atoms with Crippen LogP contribution in [0.1, 0.15) is 47.0 Å². The molecule has 15 heavy (non-hydrogen) atoms. The Morgan fingerprint density at radius 2 is 1.80 bits per heavy atom. The highest BCUT2D eigenvalue weighted by Gasteiger charge is 2.15. The van der Waals surface area contributed by atoms with Crippen LogP contribution in [0.25, 0.3) is 0 Å². The highest BCUT2D eigenvalue weighted by Crippen LogP contribution is 2.21. The van der Waals surface area contributed by atoms with Crippen molar-refractivity contribution in [2.75, 3.05) is 13.2 Å². The predicted octanol–water partition coefficient (Wildman–Crippen LogP) is 2.46. The van der Waals surface area contributed by atoms with Gasteiger partial charge in [-0.2, -0.15) is 5.26 Å². The maximum absolute atomic E-state index is 8.81. The molecule has 3 heteroatoms. The molecule has 0 aromatic carbocycles. The second-order valence-electron chi connectivity index (χ2n) is 5.49. The van der Waals surface area contributed by atoms with Crippen molar-refractivity contribution in [2.45, 2.75) is 52.5 Å². The minimum Gasteiger partial charge on any atom is -0.380 e. The zero-order chi connectivity index (χ0) is 11.9. The lowest BCUT2D eigenvalue weighted by molar-refractivity contribution is 0.0930. The van der Waals surface area contributed by atoms with Crippen molar-refractivity contribution in [3.8, 4) is 6.07 Å². The summed E-state index contributed by atoms with van der Waals surface area (Å²) in [5.41, 5.74) is 5.33. The smallest absolute Gasteiger partial charge is 0.0683 e. The van der Waals surface area contributed by atoms with Crippen LogP contribution in [0, 0.1) is 16.7 Å². The van der Waals surface area contributed by atoms with Crippen molar-refractivity contribution in [3.63, 3.8) is 0 Å². The third kappa shape index (κ3) is 9.71. The Morgan fingerprint density at radius 1 is 1.20 bits per heavy atom. The fourth-order valence-electron chi connectivity index (χ4n) is 1.16. The highest BCUT2D eigenvalue weighted by molar-refractivity contribution is 4.91. The molecule has 0 aliphatic heterocycles. The topological polar surface area (TPSA) is 59.0 Å². The van der Waals surface area contributed by atoms with E-state index in [0.29, 0.717) is 6.61 Å². The molecular formula is C12H24N2O. The van der Waals surface area contributed by atoms with Crippen LogP contribution in [0.2, 0.25) is 0 Å². The van der Waals surface area contributed by atoms with Crippen molar-refractivity contribution in [2.24, 2.45) is 11.1 Å². The highest BCUT2D eigenvalue weighted by atomic mass is 16.5.